The molecule has 0 aliphatic carbocycles. The highest BCUT2D eigenvalue weighted by Gasteiger charge is 2.28. The second-order valence-electron chi connectivity index (χ2n) is 8.26. The lowest BCUT2D eigenvalue weighted by atomic mass is 10.0. The Kier molecular flexibility index (Phi) is 7.03. The molecule has 1 heterocycles. The molecular weight excluding hydrogens is 447 g/mol. The lowest BCUT2D eigenvalue weighted by Crippen LogP contribution is -2.50. The fourth-order valence-corrected chi connectivity index (χ4v) is 3.87. The number of nitrogens with two attached hydrogens (primary N) is 1. The van der Waals surface area contributed by atoms with E-state index in [4.69, 9.17) is 5.73 Å². The van der Waals surface area contributed by atoms with E-state index in [0.717, 1.165) is 16.7 Å². The van der Waals surface area contributed by atoms with Crippen molar-refractivity contribution in [3.8, 4) is 16.8 Å². The molecule has 2 amide bonds. The third-order valence-electron chi connectivity index (χ3n) is 5.62. The summed E-state index contributed by atoms with van der Waals surface area (Å²) in [5.74, 6) is -1.77. The van der Waals surface area contributed by atoms with Crippen LogP contribution in [0.1, 0.15) is 21.7 Å². The number of benzene rings is 3. The molecule has 0 spiro atoms. The summed E-state index contributed by atoms with van der Waals surface area (Å²) < 4.78 is 14.8. The molecule has 2 atom stereocenters. The molecule has 35 heavy (non-hydrogen) atoms. The van der Waals surface area contributed by atoms with Gasteiger partial charge in [-0.3, -0.25) is 9.59 Å². The van der Waals surface area contributed by atoms with Gasteiger partial charge in [0.05, 0.1) is 17.4 Å². The van der Waals surface area contributed by atoms with E-state index in [9.17, 15) is 19.1 Å². The van der Waals surface area contributed by atoms with E-state index >= 15 is 0 Å². The number of aliphatic hydroxyl groups is 1. The largest absolute Gasteiger partial charge is 0.381 e. The number of rotatable bonds is 8. The minimum Gasteiger partial charge on any atom is -0.381 e. The number of aliphatic hydroxyl groups excluding tert-OH is 1. The second-order valence-corrected chi connectivity index (χ2v) is 8.26. The molecule has 0 radical (unpaired) electrons. The van der Waals surface area contributed by atoms with Crippen LogP contribution in [0.15, 0.2) is 84.9 Å². The van der Waals surface area contributed by atoms with Gasteiger partial charge in [0.15, 0.2) is 6.10 Å². The fourth-order valence-electron chi connectivity index (χ4n) is 3.87. The van der Waals surface area contributed by atoms with Crippen molar-refractivity contribution in [1.29, 1.82) is 0 Å². The summed E-state index contributed by atoms with van der Waals surface area (Å²) in [6.07, 6.45) is -1.36. The van der Waals surface area contributed by atoms with Crippen LogP contribution in [0, 0.1) is 12.7 Å². The van der Waals surface area contributed by atoms with Crippen molar-refractivity contribution in [1.82, 2.24) is 15.1 Å². The van der Waals surface area contributed by atoms with E-state index in [2.05, 4.69) is 10.4 Å². The molecule has 178 valence electrons. The number of carbonyl (C=O) groups excluding carboxylic acids is 2. The van der Waals surface area contributed by atoms with Crippen LogP contribution in [-0.2, 0) is 11.2 Å². The van der Waals surface area contributed by atoms with Crippen LogP contribution < -0.4 is 11.1 Å². The zero-order chi connectivity index (χ0) is 24.9. The van der Waals surface area contributed by atoms with Gasteiger partial charge in [-0.15, -0.1) is 0 Å². The highest BCUT2D eigenvalue weighted by molar-refractivity contribution is 5.94. The van der Waals surface area contributed by atoms with Crippen molar-refractivity contribution in [3.05, 3.63) is 108 Å². The van der Waals surface area contributed by atoms with E-state index in [-0.39, 0.29) is 17.9 Å². The number of hydrogen-bond acceptors (Lipinski definition) is 4. The maximum Gasteiger partial charge on any atom is 0.270 e. The van der Waals surface area contributed by atoms with Gasteiger partial charge in [0, 0.05) is 0 Å². The average molecular weight is 473 g/mol. The third kappa shape index (κ3) is 5.62. The SMILES string of the molecule is Cc1cc(C(=O)N[C@@H](Cc2ccccc2)C(O)C(N)=O)n(-c2cccc(-c3ccc(F)cc3)c2)n1. The molecule has 7 nitrogen and oxygen atoms in total. The highest BCUT2D eigenvalue weighted by Crippen LogP contribution is 2.23. The normalized spacial score (nSPS) is 12.7. The van der Waals surface area contributed by atoms with E-state index in [1.54, 1.807) is 31.2 Å². The van der Waals surface area contributed by atoms with Crippen molar-refractivity contribution in [2.24, 2.45) is 5.73 Å². The monoisotopic (exact) mass is 472 g/mol. The summed E-state index contributed by atoms with van der Waals surface area (Å²) in [4.78, 5) is 25.0. The van der Waals surface area contributed by atoms with Crippen molar-refractivity contribution in [2.75, 3.05) is 0 Å². The van der Waals surface area contributed by atoms with Crippen LogP contribution in [-0.4, -0.2) is 38.8 Å². The maximum atomic E-state index is 13.3. The van der Waals surface area contributed by atoms with Crippen molar-refractivity contribution >= 4 is 11.8 Å². The molecule has 0 saturated heterocycles. The Morgan fingerprint density at radius 2 is 1.71 bits per heavy atom. The van der Waals surface area contributed by atoms with Gasteiger partial charge in [-0.25, -0.2) is 9.07 Å². The molecule has 4 rings (SSSR count). The van der Waals surface area contributed by atoms with Crippen LogP contribution in [0.5, 0.6) is 0 Å². The summed E-state index contributed by atoms with van der Waals surface area (Å²) in [5, 5.41) is 17.6. The standard InChI is InChI=1S/C27H25FN4O3/c1-17-14-24(27(35)30-23(25(33)26(29)34)15-18-6-3-2-4-7-18)32(31-17)22-9-5-8-20(16-22)19-10-12-21(28)13-11-19/h2-14,16,23,25,33H,15H2,1H3,(H2,29,34)(H,30,35)/t23-,25?/m0/s1. The molecule has 0 bridgehead atoms. The predicted molar refractivity (Wildman–Crippen MR) is 130 cm³/mol. The number of hydrogen-bond donors (Lipinski definition) is 3. The summed E-state index contributed by atoms with van der Waals surface area (Å²) in [6, 6.07) is 23.3. The average Bonchev–Trinajstić information content (AvgIpc) is 3.26. The highest BCUT2D eigenvalue weighted by atomic mass is 19.1. The third-order valence-corrected chi connectivity index (χ3v) is 5.62. The Balaban J connectivity index is 1.64. The Labute approximate surface area is 202 Å². The predicted octanol–water partition coefficient (Wildman–Crippen LogP) is 3.17. The Hall–Kier alpha value is -4.30. The smallest absolute Gasteiger partial charge is 0.270 e. The number of nitrogens with zero attached hydrogens (tertiary/aromatic N) is 2. The number of aromatic nitrogens is 2. The molecule has 1 aromatic heterocycles. The van der Waals surface area contributed by atoms with Gasteiger partial charge in [-0.05, 0) is 60.4 Å². The van der Waals surface area contributed by atoms with E-state index in [0.29, 0.717) is 11.4 Å². The number of primary amides is 1. The van der Waals surface area contributed by atoms with Gasteiger partial charge in [-0.2, -0.15) is 5.10 Å². The molecular formula is C27H25FN4O3. The number of nitrogens with one attached hydrogen (secondary N) is 1. The number of amides is 2. The Morgan fingerprint density at radius 3 is 2.40 bits per heavy atom. The molecule has 1 unspecified atom stereocenters. The quantitative estimate of drug-likeness (QED) is 0.366. The molecule has 0 aliphatic rings. The van der Waals surface area contributed by atoms with Crippen molar-refractivity contribution in [2.45, 2.75) is 25.5 Å². The topological polar surface area (TPSA) is 110 Å². The summed E-state index contributed by atoms with van der Waals surface area (Å²) in [6.45, 7) is 1.76. The van der Waals surface area contributed by atoms with E-state index in [1.165, 1.54) is 16.8 Å². The first-order valence-corrected chi connectivity index (χ1v) is 11.1. The van der Waals surface area contributed by atoms with Gasteiger partial charge >= 0.3 is 0 Å². The van der Waals surface area contributed by atoms with Crippen molar-refractivity contribution < 1.29 is 19.1 Å². The van der Waals surface area contributed by atoms with Crippen LogP contribution in [0.3, 0.4) is 0 Å². The number of aryl methyl sites for hydroxylation is 1. The second kappa shape index (κ2) is 10.3. The lowest BCUT2D eigenvalue weighted by molar-refractivity contribution is -0.127. The number of carbonyl (C=O) groups is 2. The fraction of sp³-hybridized carbons (Fsp3) is 0.148. The number of halogens is 1. The van der Waals surface area contributed by atoms with E-state index in [1.807, 2.05) is 48.5 Å². The maximum absolute atomic E-state index is 13.3. The zero-order valence-electron chi connectivity index (χ0n) is 19.1. The Bertz CT molecular complexity index is 1340. The lowest BCUT2D eigenvalue weighted by Gasteiger charge is -2.22. The van der Waals surface area contributed by atoms with E-state index < -0.39 is 24.0 Å². The molecule has 0 saturated carbocycles. The van der Waals surface area contributed by atoms with Crippen LogP contribution in [0.4, 0.5) is 4.39 Å². The first-order chi connectivity index (χ1) is 16.8. The zero-order valence-corrected chi connectivity index (χ0v) is 19.1. The van der Waals surface area contributed by atoms with Gasteiger partial charge in [-0.1, -0.05) is 54.6 Å². The van der Waals surface area contributed by atoms with Crippen LogP contribution in [0.25, 0.3) is 16.8 Å². The molecule has 3 aromatic carbocycles. The first kappa shape index (κ1) is 23.8. The minimum absolute atomic E-state index is 0.212. The first-order valence-electron chi connectivity index (χ1n) is 11.1. The van der Waals surface area contributed by atoms with Crippen LogP contribution >= 0.6 is 0 Å². The van der Waals surface area contributed by atoms with Gasteiger partial charge in [0.1, 0.15) is 11.5 Å². The van der Waals surface area contributed by atoms with Crippen LogP contribution in [0.2, 0.25) is 0 Å². The Morgan fingerprint density at radius 1 is 1.00 bits per heavy atom. The van der Waals surface area contributed by atoms with Gasteiger partial charge in [0.25, 0.3) is 5.91 Å². The molecule has 4 N–H and O–H groups in total. The summed E-state index contributed by atoms with van der Waals surface area (Å²) in [5.41, 5.74) is 9.26. The minimum atomic E-state index is -1.57. The van der Waals surface area contributed by atoms with Crippen molar-refractivity contribution in [3.63, 3.8) is 0 Å². The summed E-state index contributed by atoms with van der Waals surface area (Å²) >= 11 is 0. The summed E-state index contributed by atoms with van der Waals surface area (Å²) in [7, 11) is 0. The molecule has 0 fully saturated rings. The van der Waals surface area contributed by atoms with Gasteiger partial charge in [0.2, 0.25) is 5.91 Å². The molecule has 0 aliphatic heterocycles. The molecule has 8 heteroatoms. The molecule has 4 aromatic rings. The van der Waals surface area contributed by atoms with Gasteiger partial charge < -0.3 is 16.2 Å².